The summed E-state index contributed by atoms with van der Waals surface area (Å²) < 4.78 is 26.3. The van der Waals surface area contributed by atoms with Crippen LogP contribution in [0.4, 0.5) is 0 Å². The van der Waals surface area contributed by atoms with Gasteiger partial charge in [0.25, 0.3) is 0 Å². The third kappa shape index (κ3) is 38.9. The summed E-state index contributed by atoms with van der Waals surface area (Å²) in [6.07, 6.45) is 41.4. The Hall–Kier alpha value is -1.73. The molecule has 0 rings (SSSR count). The van der Waals surface area contributed by atoms with E-state index in [1.807, 2.05) is 0 Å². The second-order valence-electron chi connectivity index (χ2n) is 13.2. The van der Waals surface area contributed by atoms with Gasteiger partial charge in [0.15, 0.2) is 6.10 Å². The number of phosphoric ester groups is 1. The molecule has 8 nitrogen and oxygen atoms in total. The molecule has 9 heteroatoms. The van der Waals surface area contributed by atoms with E-state index < -0.39 is 32.5 Å². The Morgan fingerprint density at radius 1 is 0.531 bits per heavy atom. The molecule has 0 aromatic rings. The van der Waals surface area contributed by atoms with Crippen molar-refractivity contribution >= 4 is 19.8 Å². The van der Waals surface area contributed by atoms with Crippen LogP contribution in [0, 0.1) is 0 Å². The molecule has 0 saturated heterocycles. The zero-order valence-corrected chi connectivity index (χ0v) is 32.2. The summed E-state index contributed by atoms with van der Waals surface area (Å²) in [6.45, 7) is 3.62. The Labute approximate surface area is 300 Å². The van der Waals surface area contributed by atoms with Crippen LogP contribution in [0.25, 0.3) is 0 Å². The fraction of sp³-hybridized carbons (Fsp3) is 0.800. The van der Waals surface area contributed by atoms with Gasteiger partial charge in [0.05, 0.1) is 6.61 Å². The van der Waals surface area contributed by atoms with Crippen LogP contribution >= 0.6 is 7.82 Å². The van der Waals surface area contributed by atoms with Gasteiger partial charge < -0.3 is 19.3 Å². The highest BCUT2D eigenvalue weighted by molar-refractivity contribution is 7.46. The van der Waals surface area contributed by atoms with Gasteiger partial charge in [-0.2, -0.15) is 0 Å². The highest BCUT2D eigenvalue weighted by Gasteiger charge is 2.22. The molecule has 0 aliphatic carbocycles. The van der Waals surface area contributed by atoms with Crippen LogP contribution in [0.15, 0.2) is 36.5 Å². The van der Waals surface area contributed by atoms with Crippen molar-refractivity contribution in [3.05, 3.63) is 36.5 Å². The standard InChI is InChI=1S/C40H73O8P/c1-3-5-7-9-11-13-15-17-19-20-21-23-25-27-29-31-33-35-40(42)48-38(37-47-49(43,44)45)36-46-39(41)34-32-30-28-26-24-22-18-16-14-12-10-8-6-4-2/h10,12,16-19,38H,3-9,11,13-15,20-37H2,1-2H3,(H2,43,44,45)/b12-10+,18-16+,19-17+/t38-/m1/s1. The summed E-state index contributed by atoms with van der Waals surface area (Å²) in [5.41, 5.74) is 0. The first-order chi connectivity index (χ1) is 23.8. The minimum Gasteiger partial charge on any atom is -0.462 e. The lowest BCUT2D eigenvalue weighted by atomic mass is 10.1. The smallest absolute Gasteiger partial charge is 0.462 e. The van der Waals surface area contributed by atoms with Crippen LogP contribution in [0.3, 0.4) is 0 Å². The molecule has 0 fully saturated rings. The molecule has 0 radical (unpaired) electrons. The normalized spacial score (nSPS) is 12.8. The van der Waals surface area contributed by atoms with Crippen LogP contribution in [-0.4, -0.2) is 41.0 Å². The molecule has 0 aliphatic rings. The molecular formula is C40H73O8P. The van der Waals surface area contributed by atoms with Gasteiger partial charge in [-0.3, -0.25) is 14.1 Å². The third-order valence-corrected chi connectivity index (χ3v) is 8.87. The largest absolute Gasteiger partial charge is 0.469 e. The van der Waals surface area contributed by atoms with Crippen molar-refractivity contribution in [2.75, 3.05) is 13.2 Å². The molecule has 286 valence electrons. The first-order valence-electron chi connectivity index (χ1n) is 19.8. The van der Waals surface area contributed by atoms with Crippen molar-refractivity contribution in [1.29, 1.82) is 0 Å². The average Bonchev–Trinajstić information content (AvgIpc) is 3.07. The molecular weight excluding hydrogens is 639 g/mol. The van der Waals surface area contributed by atoms with Gasteiger partial charge in [-0.05, 0) is 64.2 Å². The highest BCUT2D eigenvalue weighted by atomic mass is 31.2. The second-order valence-corrected chi connectivity index (χ2v) is 14.5. The number of ether oxygens (including phenoxy) is 2. The molecule has 0 bridgehead atoms. The van der Waals surface area contributed by atoms with Gasteiger partial charge in [0.1, 0.15) is 6.61 Å². The van der Waals surface area contributed by atoms with Gasteiger partial charge in [-0.25, -0.2) is 4.57 Å². The zero-order chi connectivity index (χ0) is 36.1. The van der Waals surface area contributed by atoms with Gasteiger partial charge >= 0.3 is 19.8 Å². The molecule has 0 aromatic heterocycles. The Balaban J connectivity index is 3.96. The molecule has 1 atom stereocenters. The summed E-state index contributed by atoms with van der Waals surface area (Å²) in [4.78, 5) is 42.7. The van der Waals surface area contributed by atoms with E-state index in [-0.39, 0.29) is 19.4 Å². The van der Waals surface area contributed by atoms with Crippen molar-refractivity contribution in [3.63, 3.8) is 0 Å². The zero-order valence-electron chi connectivity index (χ0n) is 31.3. The van der Waals surface area contributed by atoms with E-state index >= 15 is 0 Å². The monoisotopic (exact) mass is 713 g/mol. The van der Waals surface area contributed by atoms with Crippen LogP contribution in [0.2, 0.25) is 0 Å². The number of esters is 2. The lowest BCUT2D eigenvalue weighted by Gasteiger charge is -2.18. The fourth-order valence-electron chi connectivity index (χ4n) is 5.38. The van der Waals surface area contributed by atoms with Crippen LogP contribution in [0.5, 0.6) is 0 Å². The van der Waals surface area contributed by atoms with Crippen molar-refractivity contribution in [3.8, 4) is 0 Å². The summed E-state index contributed by atoms with van der Waals surface area (Å²) in [5.74, 6) is -0.905. The minimum atomic E-state index is -4.75. The SMILES string of the molecule is CCCC/C=C/C/C=C/CCCCCCCC(=O)OC[C@H](COP(=O)(O)O)OC(=O)CCCCCCCCC/C=C/CCCCCCCC. The van der Waals surface area contributed by atoms with Gasteiger partial charge in [0.2, 0.25) is 0 Å². The number of allylic oxidation sites excluding steroid dienone is 6. The van der Waals surface area contributed by atoms with Crippen LogP contribution in [-0.2, 0) is 28.2 Å². The van der Waals surface area contributed by atoms with E-state index in [2.05, 4.69) is 54.8 Å². The minimum absolute atomic E-state index is 0.204. The first kappa shape index (κ1) is 47.3. The van der Waals surface area contributed by atoms with E-state index in [4.69, 9.17) is 19.3 Å². The highest BCUT2D eigenvalue weighted by Crippen LogP contribution is 2.36. The quantitative estimate of drug-likeness (QED) is 0.0285. The summed E-state index contributed by atoms with van der Waals surface area (Å²) in [5, 5.41) is 0. The van der Waals surface area contributed by atoms with Crippen molar-refractivity contribution < 1.29 is 37.9 Å². The predicted octanol–water partition coefficient (Wildman–Crippen LogP) is 11.8. The Bertz CT molecular complexity index is 895. The Morgan fingerprint density at radius 3 is 1.43 bits per heavy atom. The maximum absolute atomic E-state index is 12.4. The molecule has 2 N–H and O–H groups in total. The van der Waals surface area contributed by atoms with E-state index in [0.717, 1.165) is 70.6 Å². The summed E-state index contributed by atoms with van der Waals surface area (Å²) in [7, 11) is -4.75. The van der Waals surface area contributed by atoms with E-state index in [1.54, 1.807) is 0 Å². The molecule has 0 amide bonds. The first-order valence-corrected chi connectivity index (χ1v) is 21.3. The molecule has 0 unspecified atom stereocenters. The second kappa shape index (κ2) is 36.1. The maximum Gasteiger partial charge on any atom is 0.469 e. The number of phosphoric acid groups is 1. The molecule has 0 aliphatic heterocycles. The lowest BCUT2D eigenvalue weighted by molar-refractivity contribution is -0.161. The van der Waals surface area contributed by atoms with E-state index in [0.29, 0.717) is 12.8 Å². The maximum atomic E-state index is 12.4. The van der Waals surface area contributed by atoms with Crippen molar-refractivity contribution in [2.45, 2.75) is 193 Å². The average molecular weight is 713 g/mol. The van der Waals surface area contributed by atoms with Crippen LogP contribution < -0.4 is 0 Å². The fourth-order valence-corrected chi connectivity index (χ4v) is 5.74. The van der Waals surface area contributed by atoms with Gasteiger partial charge in [-0.15, -0.1) is 0 Å². The van der Waals surface area contributed by atoms with Gasteiger partial charge in [-0.1, -0.05) is 147 Å². The number of carbonyl (C=O) groups excluding carboxylic acids is 2. The summed E-state index contributed by atoms with van der Waals surface area (Å²) >= 11 is 0. The number of rotatable bonds is 36. The predicted molar refractivity (Wildman–Crippen MR) is 202 cm³/mol. The van der Waals surface area contributed by atoms with E-state index in [9.17, 15) is 14.2 Å². The third-order valence-electron chi connectivity index (χ3n) is 8.38. The number of hydrogen-bond acceptors (Lipinski definition) is 6. The Morgan fingerprint density at radius 2 is 0.939 bits per heavy atom. The molecule has 49 heavy (non-hydrogen) atoms. The lowest BCUT2D eigenvalue weighted by Crippen LogP contribution is -2.29. The Kier molecular flexibility index (Phi) is 34.8. The number of unbranched alkanes of at least 4 members (excludes halogenated alkanes) is 20. The summed E-state index contributed by atoms with van der Waals surface area (Å²) in [6, 6.07) is 0. The number of hydrogen-bond donors (Lipinski definition) is 2. The van der Waals surface area contributed by atoms with Crippen molar-refractivity contribution in [1.82, 2.24) is 0 Å². The topological polar surface area (TPSA) is 119 Å². The van der Waals surface area contributed by atoms with Crippen molar-refractivity contribution in [2.24, 2.45) is 0 Å². The molecule has 0 saturated carbocycles. The molecule has 0 heterocycles. The number of carbonyl (C=O) groups is 2. The van der Waals surface area contributed by atoms with E-state index in [1.165, 1.54) is 77.0 Å². The molecule has 0 aromatic carbocycles. The van der Waals surface area contributed by atoms with Gasteiger partial charge in [0, 0.05) is 12.8 Å². The molecule has 0 spiro atoms. The van der Waals surface area contributed by atoms with Crippen LogP contribution in [0.1, 0.15) is 187 Å².